The molecule has 0 spiro atoms. The molecule has 0 N–H and O–H groups in total. The number of fused-ring (bicyclic) bond motifs is 1. The highest BCUT2D eigenvalue weighted by Gasteiger charge is 2.38. The number of halogens is 3. The minimum Gasteiger partial charge on any atom is -0.339 e. The lowest BCUT2D eigenvalue weighted by Crippen LogP contribution is -2.12. The number of hydrogen-bond donors (Lipinski definition) is 0. The lowest BCUT2D eigenvalue weighted by molar-refractivity contribution is -0.143. The van der Waals surface area contributed by atoms with Gasteiger partial charge in [-0.05, 0) is 18.6 Å². The molecule has 0 atom stereocenters. The standard InChI is InChI=1S/C12H9F3N2/c1-7-3-4-8-9(6-16)11(12(13,14)15)17(2)10(8)5-7/h3-5H,1-2H3. The summed E-state index contributed by atoms with van der Waals surface area (Å²) in [6, 6.07) is 6.54. The summed E-state index contributed by atoms with van der Waals surface area (Å²) in [5.41, 5.74) is 0.0841. The first kappa shape index (κ1) is 11.5. The SMILES string of the molecule is Cc1ccc2c(C#N)c(C(F)(F)F)n(C)c2c1. The Morgan fingerprint density at radius 2 is 1.94 bits per heavy atom. The van der Waals surface area contributed by atoms with Crippen molar-refractivity contribution in [3.05, 3.63) is 35.0 Å². The molecular formula is C12H9F3N2. The van der Waals surface area contributed by atoms with Gasteiger partial charge in [0.1, 0.15) is 11.8 Å². The first-order valence-corrected chi connectivity index (χ1v) is 4.92. The summed E-state index contributed by atoms with van der Waals surface area (Å²) in [7, 11) is 1.32. The monoisotopic (exact) mass is 238 g/mol. The molecule has 0 saturated carbocycles. The molecule has 0 saturated heterocycles. The zero-order valence-electron chi connectivity index (χ0n) is 9.26. The smallest absolute Gasteiger partial charge is 0.339 e. The Morgan fingerprint density at radius 1 is 1.29 bits per heavy atom. The lowest BCUT2D eigenvalue weighted by atomic mass is 10.1. The molecular weight excluding hydrogens is 229 g/mol. The largest absolute Gasteiger partial charge is 0.432 e. The van der Waals surface area contributed by atoms with E-state index >= 15 is 0 Å². The molecule has 0 aliphatic heterocycles. The van der Waals surface area contributed by atoms with Crippen LogP contribution >= 0.6 is 0 Å². The van der Waals surface area contributed by atoms with E-state index in [1.54, 1.807) is 31.2 Å². The third kappa shape index (κ3) is 1.66. The molecule has 5 heteroatoms. The van der Waals surface area contributed by atoms with Crippen LogP contribution in [0.4, 0.5) is 13.2 Å². The van der Waals surface area contributed by atoms with E-state index in [0.29, 0.717) is 10.9 Å². The zero-order valence-corrected chi connectivity index (χ0v) is 9.26. The van der Waals surface area contributed by atoms with E-state index < -0.39 is 11.9 Å². The highest BCUT2D eigenvalue weighted by Crippen LogP contribution is 2.37. The molecule has 0 radical (unpaired) electrons. The van der Waals surface area contributed by atoms with Gasteiger partial charge in [-0.15, -0.1) is 0 Å². The van der Waals surface area contributed by atoms with Gasteiger partial charge in [-0.25, -0.2) is 0 Å². The van der Waals surface area contributed by atoms with Crippen LogP contribution in [0.1, 0.15) is 16.8 Å². The molecule has 1 aromatic heterocycles. The number of hydrogen-bond acceptors (Lipinski definition) is 1. The quantitative estimate of drug-likeness (QED) is 0.691. The zero-order chi connectivity index (χ0) is 12.8. The average molecular weight is 238 g/mol. The third-order valence-electron chi connectivity index (χ3n) is 2.74. The van der Waals surface area contributed by atoms with Crippen molar-refractivity contribution < 1.29 is 13.2 Å². The second-order valence-electron chi connectivity index (χ2n) is 3.91. The predicted molar refractivity (Wildman–Crippen MR) is 57.4 cm³/mol. The lowest BCUT2D eigenvalue weighted by Gasteiger charge is -2.08. The summed E-state index contributed by atoms with van der Waals surface area (Å²) >= 11 is 0. The number of aryl methyl sites for hydroxylation is 2. The Labute approximate surface area is 95.9 Å². The predicted octanol–water partition coefficient (Wildman–Crippen LogP) is 3.38. The summed E-state index contributed by atoms with van der Waals surface area (Å²) in [6.07, 6.45) is -4.52. The van der Waals surface area contributed by atoms with Crippen LogP contribution in [0.15, 0.2) is 18.2 Å². The number of rotatable bonds is 0. The normalized spacial score (nSPS) is 11.8. The van der Waals surface area contributed by atoms with Gasteiger partial charge in [0.05, 0.1) is 5.56 Å². The topological polar surface area (TPSA) is 28.7 Å². The van der Waals surface area contributed by atoms with Crippen molar-refractivity contribution in [3.63, 3.8) is 0 Å². The molecule has 0 aliphatic rings. The molecule has 1 heterocycles. The number of aromatic nitrogens is 1. The number of nitrogens with zero attached hydrogens (tertiary/aromatic N) is 2. The van der Waals surface area contributed by atoms with Crippen molar-refractivity contribution in [3.8, 4) is 6.07 Å². The Hall–Kier alpha value is -1.96. The molecule has 0 aliphatic carbocycles. The fraction of sp³-hybridized carbons (Fsp3) is 0.250. The molecule has 0 amide bonds. The van der Waals surface area contributed by atoms with Crippen LogP contribution in [0, 0.1) is 18.3 Å². The van der Waals surface area contributed by atoms with Crippen molar-refractivity contribution in [2.75, 3.05) is 0 Å². The summed E-state index contributed by atoms with van der Waals surface area (Å²) in [6.45, 7) is 1.80. The molecule has 2 nitrogen and oxygen atoms in total. The summed E-state index contributed by atoms with van der Waals surface area (Å²) in [4.78, 5) is 0. The first-order chi connectivity index (χ1) is 7.86. The van der Waals surface area contributed by atoms with E-state index in [1.165, 1.54) is 7.05 Å². The van der Waals surface area contributed by atoms with Crippen LogP contribution in [-0.2, 0) is 13.2 Å². The van der Waals surface area contributed by atoms with Crippen LogP contribution in [0.3, 0.4) is 0 Å². The number of nitriles is 1. The van der Waals surface area contributed by atoms with E-state index in [4.69, 9.17) is 5.26 Å². The number of benzene rings is 1. The van der Waals surface area contributed by atoms with Crippen molar-refractivity contribution in [1.82, 2.24) is 4.57 Å². The Morgan fingerprint density at radius 3 is 2.47 bits per heavy atom. The van der Waals surface area contributed by atoms with E-state index in [9.17, 15) is 13.2 Å². The van der Waals surface area contributed by atoms with Crippen molar-refractivity contribution in [2.45, 2.75) is 13.1 Å². The van der Waals surface area contributed by atoms with Gasteiger partial charge in [0, 0.05) is 18.0 Å². The van der Waals surface area contributed by atoms with E-state index in [1.807, 2.05) is 0 Å². The van der Waals surface area contributed by atoms with Crippen LogP contribution in [0.5, 0.6) is 0 Å². The van der Waals surface area contributed by atoms with Crippen LogP contribution in [0.2, 0.25) is 0 Å². The minimum absolute atomic E-state index is 0.310. The first-order valence-electron chi connectivity index (χ1n) is 4.92. The summed E-state index contributed by atoms with van der Waals surface area (Å²) in [5, 5.41) is 9.24. The third-order valence-corrected chi connectivity index (χ3v) is 2.74. The van der Waals surface area contributed by atoms with Gasteiger partial charge in [-0.2, -0.15) is 18.4 Å². The Bertz CT molecular complexity index is 630. The minimum atomic E-state index is -4.52. The van der Waals surface area contributed by atoms with Gasteiger partial charge in [-0.3, -0.25) is 0 Å². The molecule has 0 bridgehead atoms. The van der Waals surface area contributed by atoms with Gasteiger partial charge in [0.2, 0.25) is 0 Å². The molecule has 1 aromatic carbocycles. The van der Waals surface area contributed by atoms with Crippen molar-refractivity contribution in [2.24, 2.45) is 7.05 Å². The van der Waals surface area contributed by atoms with Crippen LogP contribution < -0.4 is 0 Å². The van der Waals surface area contributed by atoms with Gasteiger partial charge in [-0.1, -0.05) is 12.1 Å². The van der Waals surface area contributed by atoms with E-state index in [0.717, 1.165) is 10.1 Å². The summed E-state index contributed by atoms with van der Waals surface area (Å²) < 4.78 is 39.6. The Kier molecular flexibility index (Phi) is 2.39. The maximum atomic E-state index is 12.9. The second-order valence-corrected chi connectivity index (χ2v) is 3.91. The molecule has 2 aromatic rings. The van der Waals surface area contributed by atoms with E-state index in [-0.39, 0.29) is 5.56 Å². The van der Waals surface area contributed by atoms with Gasteiger partial charge >= 0.3 is 6.18 Å². The maximum absolute atomic E-state index is 12.9. The second kappa shape index (κ2) is 3.52. The van der Waals surface area contributed by atoms with Crippen molar-refractivity contribution in [1.29, 1.82) is 5.26 Å². The maximum Gasteiger partial charge on any atom is 0.432 e. The highest BCUT2D eigenvalue weighted by atomic mass is 19.4. The molecule has 88 valence electrons. The Balaban J connectivity index is 2.95. The molecule has 17 heavy (non-hydrogen) atoms. The molecule has 2 rings (SSSR count). The van der Waals surface area contributed by atoms with Gasteiger partial charge in [0.15, 0.2) is 0 Å². The summed E-state index contributed by atoms with van der Waals surface area (Å²) in [5.74, 6) is 0. The number of alkyl halides is 3. The fourth-order valence-corrected chi connectivity index (χ4v) is 1.99. The van der Waals surface area contributed by atoms with Crippen LogP contribution in [-0.4, -0.2) is 4.57 Å². The molecule has 0 unspecified atom stereocenters. The van der Waals surface area contributed by atoms with Gasteiger partial charge in [0.25, 0.3) is 0 Å². The van der Waals surface area contributed by atoms with E-state index in [2.05, 4.69) is 0 Å². The fourth-order valence-electron chi connectivity index (χ4n) is 1.99. The highest BCUT2D eigenvalue weighted by molar-refractivity contribution is 5.88. The average Bonchev–Trinajstić information content (AvgIpc) is 2.51. The van der Waals surface area contributed by atoms with Crippen LogP contribution in [0.25, 0.3) is 10.9 Å². The molecule has 0 fully saturated rings. The van der Waals surface area contributed by atoms with Crippen molar-refractivity contribution >= 4 is 10.9 Å². The van der Waals surface area contributed by atoms with Gasteiger partial charge < -0.3 is 4.57 Å².